The van der Waals surface area contributed by atoms with Crippen LogP contribution >= 0.6 is 0 Å². The fraction of sp³-hybridized carbons (Fsp3) is 0.143. The second-order valence-electron chi connectivity index (χ2n) is 8.12. The Hall–Kier alpha value is -4.32. The van der Waals surface area contributed by atoms with Crippen LogP contribution in [0, 0.1) is 6.92 Å². The SMILES string of the molecule is C=CCOc1ccc(C2c3c(oc4ccc(C)cc4c3=O)C(=O)N2c2cccc(OC)c2)cc1. The van der Waals surface area contributed by atoms with Crippen LogP contribution in [0.25, 0.3) is 11.0 Å². The minimum atomic E-state index is -0.663. The zero-order valence-electron chi connectivity index (χ0n) is 18.9. The Morgan fingerprint density at radius 3 is 2.56 bits per heavy atom. The maximum absolute atomic E-state index is 13.7. The van der Waals surface area contributed by atoms with Gasteiger partial charge in [-0.3, -0.25) is 14.5 Å². The van der Waals surface area contributed by atoms with E-state index in [2.05, 4.69) is 6.58 Å². The summed E-state index contributed by atoms with van der Waals surface area (Å²) >= 11 is 0. The van der Waals surface area contributed by atoms with Gasteiger partial charge in [-0.25, -0.2) is 0 Å². The van der Waals surface area contributed by atoms with Gasteiger partial charge in [0.2, 0.25) is 5.76 Å². The van der Waals surface area contributed by atoms with Crippen molar-refractivity contribution >= 4 is 22.6 Å². The molecule has 1 amide bonds. The molecular formula is C28H23NO5. The number of benzene rings is 3. The van der Waals surface area contributed by atoms with Gasteiger partial charge in [-0.15, -0.1) is 0 Å². The fourth-order valence-electron chi connectivity index (χ4n) is 4.33. The van der Waals surface area contributed by atoms with Crippen molar-refractivity contribution < 1.29 is 18.7 Å². The highest BCUT2D eigenvalue weighted by Crippen LogP contribution is 2.42. The van der Waals surface area contributed by atoms with Gasteiger partial charge in [0.05, 0.1) is 24.1 Å². The van der Waals surface area contributed by atoms with Crippen LogP contribution in [0.1, 0.15) is 33.3 Å². The van der Waals surface area contributed by atoms with Crippen LogP contribution in [0.15, 0.2) is 88.6 Å². The number of methoxy groups -OCH3 is 1. The molecule has 1 unspecified atom stereocenters. The van der Waals surface area contributed by atoms with Crippen molar-refractivity contribution in [3.63, 3.8) is 0 Å². The molecule has 6 nitrogen and oxygen atoms in total. The summed E-state index contributed by atoms with van der Waals surface area (Å²) in [5, 5.41) is 0.454. The first-order valence-electron chi connectivity index (χ1n) is 10.9. The van der Waals surface area contributed by atoms with Crippen LogP contribution in [-0.4, -0.2) is 19.6 Å². The van der Waals surface area contributed by atoms with Crippen molar-refractivity contribution in [2.24, 2.45) is 0 Å². The summed E-state index contributed by atoms with van der Waals surface area (Å²) in [7, 11) is 1.57. The van der Waals surface area contributed by atoms with Gasteiger partial charge in [0.15, 0.2) is 5.43 Å². The van der Waals surface area contributed by atoms with E-state index in [1.807, 2.05) is 49.4 Å². The van der Waals surface area contributed by atoms with E-state index in [-0.39, 0.29) is 17.1 Å². The number of hydrogen-bond donors (Lipinski definition) is 0. The van der Waals surface area contributed by atoms with Gasteiger partial charge in [0.1, 0.15) is 23.7 Å². The average Bonchev–Trinajstić information content (AvgIpc) is 3.16. The lowest BCUT2D eigenvalue weighted by Crippen LogP contribution is -2.29. The number of nitrogens with zero attached hydrogens (tertiary/aromatic N) is 1. The summed E-state index contributed by atoms with van der Waals surface area (Å²) in [6.45, 7) is 5.96. The number of aryl methyl sites for hydroxylation is 1. The maximum atomic E-state index is 13.7. The van der Waals surface area contributed by atoms with Gasteiger partial charge < -0.3 is 13.9 Å². The first-order valence-corrected chi connectivity index (χ1v) is 10.9. The number of fused-ring (bicyclic) bond motifs is 2. The summed E-state index contributed by atoms with van der Waals surface area (Å²) in [5.41, 5.74) is 2.81. The number of anilines is 1. The topological polar surface area (TPSA) is 69.0 Å². The van der Waals surface area contributed by atoms with Gasteiger partial charge in [-0.1, -0.05) is 42.5 Å². The fourth-order valence-corrected chi connectivity index (χ4v) is 4.33. The quantitative estimate of drug-likeness (QED) is 0.365. The predicted molar refractivity (Wildman–Crippen MR) is 131 cm³/mol. The molecule has 0 aliphatic carbocycles. The molecule has 1 atom stereocenters. The summed E-state index contributed by atoms with van der Waals surface area (Å²) in [6, 6.07) is 19.3. The standard InChI is InChI=1S/C28H23NO5/c1-4-14-33-20-11-9-18(10-12-20)25-24-26(30)22-15-17(2)8-13-23(22)34-27(24)28(31)29(25)19-6-5-7-21(16-19)32-3/h4-13,15-16,25H,1,14H2,2-3H3. The van der Waals surface area contributed by atoms with Crippen molar-refractivity contribution in [2.45, 2.75) is 13.0 Å². The number of amides is 1. The van der Waals surface area contributed by atoms with Crippen LogP contribution in [-0.2, 0) is 0 Å². The van der Waals surface area contributed by atoms with E-state index in [1.165, 1.54) is 0 Å². The van der Waals surface area contributed by atoms with Gasteiger partial charge >= 0.3 is 0 Å². The molecule has 1 aromatic heterocycles. The lowest BCUT2D eigenvalue weighted by atomic mass is 9.97. The molecule has 1 aliphatic heterocycles. The molecule has 0 saturated heterocycles. The third-order valence-electron chi connectivity index (χ3n) is 5.92. The van der Waals surface area contributed by atoms with Crippen LogP contribution in [0.5, 0.6) is 11.5 Å². The van der Waals surface area contributed by atoms with Crippen LogP contribution in [0.3, 0.4) is 0 Å². The van der Waals surface area contributed by atoms with Crippen LogP contribution < -0.4 is 19.8 Å². The lowest BCUT2D eigenvalue weighted by Gasteiger charge is -2.25. The van der Waals surface area contributed by atoms with Crippen LogP contribution in [0.4, 0.5) is 5.69 Å². The van der Waals surface area contributed by atoms with Crippen molar-refractivity contribution in [2.75, 3.05) is 18.6 Å². The maximum Gasteiger partial charge on any atom is 0.295 e. The summed E-state index contributed by atoms with van der Waals surface area (Å²) in [5.74, 6) is 0.955. The van der Waals surface area contributed by atoms with E-state index in [9.17, 15) is 9.59 Å². The van der Waals surface area contributed by atoms with E-state index in [0.717, 1.165) is 11.1 Å². The molecule has 0 N–H and O–H groups in total. The Kier molecular flexibility index (Phi) is 5.42. The summed E-state index contributed by atoms with van der Waals surface area (Å²) in [4.78, 5) is 29.0. The molecule has 34 heavy (non-hydrogen) atoms. The second-order valence-corrected chi connectivity index (χ2v) is 8.12. The molecule has 0 bridgehead atoms. The summed E-state index contributed by atoms with van der Waals surface area (Å²) < 4.78 is 17.0. The van der Waals surface area contributed by atoms with Crippen molar-refractivity contribution in [3.8, 4) is 11.5 Å². The number of hydrogen-bond acceptors (Lipinski definition) is 5. The first kappa shape index (κ1) is 21.5. The van der Waals surface area contributed by atoms with Gasteiger partial charge in [0.25, 0.3) is 5.91 Å². The zero-order chi connectivity index (χ0) is 23.8. The largest absolute Gasteiger partial charge is 0.497 e. The minimum Gasteiger partial charge on any atom is -0.497 e. The molecule has 1 aliphatic rings. The number of carbonyl (C=O) groups is 1. The van der Waals surface area contributed by atoms with E-state index >= 15 is 0 Å². The molecule has 170 valence electrons. The highest BCUT2D eigenvalue weighted by atomic mass is 16.5. The highest BCUT2D eigenvalue weighted by molar-refractivity contribution is 6.10. The minimum absolute atomic E-state index is 0.0566. The van der Waals surface area contributed by atoms with E-state index in [4.69, 9.17) is 13.9 Å². The molecule has 3 aromatic carbocycles. The summed E-state index contributed by atoms with van der Waals surface area (Å²) in [6.07, 6.45) is 1.67. The molecule has 0 radical (unpaired) electrons. The smallest absolute Gasteiger partial charge is 0.295 e. The molecule has 4 aromatic rings. The van der Waals surface area contributed by atoms with Crippen molar-refractivity contribution in [1.29, 1.82) is 0 Å². The Morgan fingerprint density at radius 2 is 1.82 bits per heavy atom. The molecular weight excluding hydrogens is 430 g/mol. The zero-order valence-corrected chi connectivity index (χ0v) is 18.9. The Bertz CT molecular complexity index is 1470. The highest BCUT2D eigenvalue weighted by Gasteiger charge is 2.43. The van der Waals surface area contributed by atoms with Crippen molar-refractivity contribution in [1.82, 2.24) is 0 Å². The van der Waals surface area contributed by atoms with Gasteiger partial charge in [-0.05, 0) is 48.9 Å². The predicted octanol–water partition coefficient (Wildman–Crippen LogP) is 5.42. The average molecular weight is 453 g/mol. The third-order valence-corrected chi connectivity index (χ3v) is 5.92. The monoisotopic (exact) mass is 453 g/mol. The Balaban J connectivity index is 1.73. The number of rotatable bonds is 6. The second kappa shape index (κ2) is 8.56. The Labute approximate surface area is 196 Å². The molecule has 0 spiro atoms. The van der Waals surface area contributed by atoms with Gasteiger partial charge in [-0.2, -0.15) is 0 Å². The van der Waals surface area contributed by atoms with Gasteiger partial charge in [0, 0.05) is 11.8 Å². The van der Waals surface area contributed by atoms with E-state index < -0.39 is 6.04 Å². The normalized spacial score (nSPS) is 14.8. The molecule has 2 heterocycles. The molecule has 0 saturated carbocycles. The third kappa shape index (κ3) is 3.53. The Morgan fingerprint density at radius 1 is 1.03 bits per heavy atom. The number of carbonyl (C=O) groups excluding carboxylic acids is 1. The lowest BCUT2D eigenvalue weighted by molar-refractivity contribution is 0.0971. The molecule has 5 rings (SSSR count). The van der Waals surface area contributed by atoms with E-state index in [0.29, 0.717) is 40.3 Å². The molecule has 0 fully saturated rings. The van der Waals surface area contributed by atoms with Crippen LogP contribution in [0.2, 0.25) is 0 Å². The first-order chi connectivity index (χ1) is 16.5. The number of ether oxygens (including phenoxy) is 2. The van der Waals surface area contributed by atoms with Crippen molar-refractivity contribution in [3.05, 3.63) is 112 Å². The van der Waals surface area contributed by atoms with E-state index in [1.54, 1.807) is 42.4 Å². The molecule has 6 heteroatoms.